The summed E-state index contributed by atoms with van der Waals surface area (Å²) in [5.74, 6) is 3.56. The number of amidine groups is 2. The molecule has 9 heteroatoms. The van der Waals surface area contributed by atoms with Gasteiger partial charge in [-0.05, 0) is 105 Å². The summed E-state index contributed by atoms with van der Waals surface area (Å²) in [6.45, 7) is 23.6. The van der Waals surface area contributed by atoms with E-state index in [4.69, 9.17) is 30.3 Å². The van der Waals surface area contributed by atoms with Gasteiger partial charge in [-0.1, -0.05) is 128 Å². The Labute approximate surface area is 386 Å². The number of aryl methyl sites for hydroxylation is 4. The van der Waals surface area contributed by atoms with E-state index in [1.807, 2.05) is 85.8 Å². The fourth-order valence-electron chi connectivity index (χ4n) is 7.99. The lowest BCUT2D eigenvalue weighted by atomic mass is 9.89. The highest BCUT2D eigenvalue weighted by molar-refractivity contribution is 7.79. The third-order valence-electron chi connectivity index (χ3n) is 11.4. The van der Waals surface area contributed by atoms with Crippen LogP contribution in [0, 0.1) is 39.0 Å². The van der Waals surface area contributed by atoms with Crippen molar-refractivity contribution in [2.45, 2.75) is 120 Å². The Morgan fingerprint density at radius 3 is 1.79 bits per heavy atom. The standard InChI is InChI=1S/C48H49N7S.C3H8.C2H6.CH4S/c1-8-9-12-21-41(49)51-47(38-25-36-37-24-31(5)50-32(6)43(37)56-40(36)26-39(38)48(7)27-30(48)4)52-42-28(2)22-35(23-29(42)3)46-54-44(33-17-13-10-14-18-33)53-45(55-46)34-19-15-11-16-20-34;1-3-2;2*1-2/h10-11,13-20,22-26,30H,8-9,12,21,27H2,1-7H3,(H2,49,51,52);3H2,1-2H3;1-2H3;2H,1H3. The van der Waals surface area contributed by atoms with Crippen molar-refractivity contribution in [2.75, 3.05) is 11.6 Å². The number of thiol groups is 1. The fraction of sp³-hybridized carbons (Fsp3) is 0.370. The third-order valence-corrected chi connectivity index (χ3v) is 12.7. The average molecular weight is 878 g/mol. The summed E-state index contributed by atoms with van der Waals surface area (Å²) in [4.78, 5) is 24.9. The summed E-state index contributed by atoms with van der Waals surface area (Å²) in [5, 5.41) is 15.4. The lowest BCUT2D eigenvalue weighted by molar-refractivity contribution is 0.702. The van der Waals surface area contributed by atoms with E-state index in [2.05, 4.69) is 111 Å². The molecule has 63 heavy (non-hydrogen) atoms. The first-order chi connectivity index (χ1) is 30.4. The zero-order valence-electron chi connectivity index (χ0n) is 39.6. The van der Waals surface area contributed by atoms with Crippen molar-refractivity contribution in [3.05, 3.63) is 125 Å². The SMILES string of the molecule is CC.CCC.CCCCCC(=N)N=C(Nc1c(C)cc(-c2nc(-c3ccccc3)nc(-c3ccccc3)n2)cc1C)c1cc2c(cc1C1(C)CC1C)sc1c(C)nc(C)cc12.CS. The van der Waals surface area contributed by atoms with E-state index < -0.39 is 0 Å². The second-order valence-electron chi connectivity index (χ2n) is 16.5. The number of fused-ring (bicyclic) bond motifs is 3. The number of pyridine rings is 1. The zero-order valence-corrected chi connectivity index (χ0v) is 41.3. The van der Waals surface area contributed by atoms with Crippen LogP contribution in [-0.4, -0.2) is 37.9 Å². The number of hydrogen-bond donors (Lipinski definition) is 3. The summed E-state index contributed by atoms with van der Waals surface area (Å²) < 4.78 is 2.50. The number of hydrogen-bond acceptors (Lipinski definition) is 7. The summed E-state index contributed by atoms with van der Waals surface area (Å²) >= 11 is 5.36. The van der Waals surface area contributed by atoms with Gasteiger partial charge in [0.2, 0.25) is 0 Å². The number of nitrogens with one attached hydrogen (secondary N) is 2. The maximum atomic E-state index is 9.09. The minimum Gasteiger partial charge on any atom is -0.339 e. The Kier molecular flexibility index (Phi) is 17.3. The fourth-order valence-corrected chi connectivity index (χ4v) is 9.13. The smallest absolute Gasteiger partial charge is 0.164 e. The topological polar surface area (TPSA) is 99.8 Å². The number of anilines is 1. The minimum atomic E-state index is 0.0231. The van der Waals surface area contributed by atoms with Crippen molar-refractivity contribution in [1.29, 1.82) is 5.41 Å². The summed E-state index contributed by atoms with van der Waals surface area (Å²) in [5.41, 5.74) is 10.3. The van der Waals surface area contributed by atoms with Crippen LogP contribution in [-0.2, 0) is 5.41 Å². The molecule has 0 aliphatic heterocycles. The molecule has 1 aliphatic rings. The van der Waals surface area contributed by atoms with Crippen LogP contribution in [0.2, 0.25) is 0 Å². The molecule has 1 fully saturated rings. The summed E-state index contributed by atoms with van der Waals surface area (Å²) in [6, 6.07) is 31.4. The van der Waals surface area contributed by atoms with Crippen molar-refractivity contribution >= 4 is 61.5 Å². The van der Waals surface area contributed by atoms with Crippen LogP contribution in [0.1, 0.15) is 121 Å². The molecule has 0 spiro atoms. The Balaban J connectivity index is 0.00000101. The molecule has 2 N–H and O–H groups in total. The molecule has 7 aromatic rings. The summed E-state index contributed by atoms with van der Waals surface area (Å²) in [6.07, 6.45) is 7.83. The molecule has 8 rings (SSSR count). The van der Waals surface area contributed by atoms with Crippen LogP contribution < -0.4 is 5.32 Å². The molecule has 330 valence electrons. The normalized spacial score (nSPS) is 15.4. The molecule has 4 aromatic carbocycles. The molecule has 2 atom stereocenters. The lowest BCUT2D eigenvalue weighted by Gasteiger charge is -2.22. The van der Waals surface area contributed by atoms with Crippen molar-refractivity contribution < 1.29 is 0 Å². The second kappa shape index (κ2) is 22.4. The van der Waals surface area contributed by atoms with E-state index in [0.29, 0.717) is 35.6 Å². The Hall–Kier alpha value is -5.25. The average Bonchev–Trinajstić information content (AvgIpc) is 3.76. The van der Waals surface area contributed by atoms with E-state index in [1.54, 1.807) is 6.26 Å². The molecule has 1 aliphatic carbocycles. The lowest BCUT2D eigenvalue weighted by Crippen LogP contribution is -2.21. The Bertz CT molecular complexity index is 2590. The molecule has 2 unspecified atom stereocenters. The van der Waals surface area contributed by atoms with Crippen LogP contribution in [0.3, 0.4) is 0 Å². The van der Waals surface area contributed by atoms with Gasteiger partial charge in [0.05, 0.1) is 10.4 Å². The highest BCUT2D eigenvalue weighted by atomic mass is 32.1. The van der Waals surface area contributed by atoms with Gasteiger partial charge in [0.25, 0.3) is 0 Å². The van der Waals surface area contributed by atoms with E-state index in [0.717, 1.165) is 82.0 Å². The van der Waals surface area contributed by atoms with Gasteiger partial charge in [-0.15, -0.1) is 11.3 Å². The van der Waals surface area contributed by atoms with Gasteiger partial charge in [0, 0.05) is 55.5 Å². The molecule has 3 heterocycles. The van der Waals surface area contributed by atoms with Crippen molar-refractivity contribution in [2.24, 2.45) is 10.9 Å². The number of benzene rings is 4. The van der Waals surface area contributed by atoms with Gasteiger partial charge in [0.15, 0.2) is 17.5 Å². The number of rotatable bonds is 10. The third kappa shape index (κ3) is 11.3. The Morgan fingerprint density at radius 1 is 0.762 bits per heavy atom. The molecule has 0 saturated heterocycles. The number of nitrogens with zero attached hydrogens (tertiary/aromatic N) is 5. The maximum Gasteiger partial charge on any atom is 0.164 e. The first-order valence-electron chi connectivity index (χ1n) is 22.7. The van der Waals surface area contributed by atoms with Gasteiger partial charge < -0.3 is 5.32 Å². The first-order valence-corrected chi connectivity index (χ1v) is 24.4. The van der Waals surface area contributed by atoms with Gasteiger partial charge in [-0.2, -0.15) is 12.6 Å². The predicted molar refractivity (Wildman–Crippen MR) is 278 cm³/mol. The number of aromatic nitrogens is 4. The minimum absolute atomic E-state index is 0.0231. The highest BCUT2D eigenvalue weighted by Crippen LogP contribution is 2.56. The van der Waals surface area contributed by atoms with Crippen molar-refractivity contribution in [3.8, 4) is 34.2 Å². The van der Waals surface area contributed by atoms with Gasteiger partial charge in [0.1, 0.15) is 11.7 Å². The monoisotopic (exact) mass is 877 g/mol. The molecule has 1 saturated carbocycles. The van der Waals surface area contributed by atoms with Crippen molar-refractivity contribution in [3.63, 3.8) is 0 Å². The largest absolute Gasteiger partial charge is 0.339 e. The molecule has 7 nitrogen and oxygen atoms in total. The first kappa shape index (κ1) is 48.8. The summed E-state index contributed by atoms with van der Waals surface area (Å²) in [7, 11) is 0. The number of aliphatic imine (C=N–C) groups is 1. The Morgan fingerprint density at radius 2 is 1.29 bits per heavy atom. The van der Waals surface area contributed by atoms with Crippen LogP contribution >= 0.6 is 24.0 Å². The van der Waals surface area contributed by atoms with Gasteiger partial charge >= 0.3 is 0 Å². The van der Waals surface area contributed by atoms with Crippen molar-refractivity contribution in [1.82, 2.24) is 19.9 Å². The molecule has 0 amide bonds. The van der Waals surface area contributed by atoms with Crippen LogP contribution in [0.25, 0.3) is 54.3 Å². The van der Waals surface area contributed by atoms with E-state index in [1.165, 1.54) is 32.2 Å². The van der Waals surface area contributed by atoms with Gasteiger partial charge in [-0.3, -0.25) is 10.4 Å². The van der Waals surface area contributed by atoms with E-state index in [9.17, 15) is 0 Å². The molecule has 0 bridgehead atoms. The van der Waals surface area contributed by atoms with Crippen LogP contribution in [0.5, 0.6) is 0 Å². The highest BCUT2D eigenvalue weighted by Gasteiger charge is 2.49. The molecule has 3 aromatic heterocycles. The quantitative estimate of drug-likeness (QED) is 0.0550. The number of thiophene rings is 1. The predicted octanol–water partition coefficient (Wildman–Crippen LogP) is 15.6. The van der Waals surface area contributed by atoms with Crippen LogP contribution in [0.15, 0.2) is 96.0 Å². The molecule has 0 radical (unpaired) electrons. The van der Waals surface area contributed by atoms with Crippen LogP contribution in [0.4, 0.5) is 5.69 Å². The zero-order chi connectivity index (χ0) is 45.8. The number of unbranched alkanes of at least 4 members (excludes halogenated alkanes) is 2. The maximum absolute atomic E-state index is 9.09. The molecular formula is C54H67N7S2. The van der Waals surface area contributed by atoms with E-state index in [-0.39, 0.29) is 5.41 Å². The van der Waals surface area contributed by atoms with E-state index >= 15 is 0 Å². The second-order valence-corrected chi connectivity index (χ2v) is 17.5. The van der Waals surface area contributed by atoms with Gasteiger partial charge in [-0.25, -0.2) is 19.9 Å². The molecular weight excluding hydrogens is 811 g/mol.